The predicted molar refractivity (Wildman–Crippen MR) is 70.7 cm³/mol. The maximum absolute atomic E-state index is 4.50. The molecule has 0 aliphatic heterocycles. The number of aromatic nitrogens is 3. The van der Waals surface area contributed by atoms with E-state index in [1.54, 1.807) is 11.3 Å². The summed E-state index contributed by atoms with van der Waals surface area (Å²) < 4.78 is 0. The third kappa shape index (κ3) is 2.61. The second-order valence-corrected chi connectivity index (χ2v) is 5.05. The SMILES string of the molecule is CNc1nc(Cc2csc(C)n2)nc(C)c1C. The van der Waals surface area contributed by atoms with E-state index in [0.29, 0.717) is 6.42 Å². The highest BCUT2D eigenvalue weighted by Crippen LogP contribution is 2.16. The number of nitrogens with zero attached hydrogens (tertiary/aromatic N) is 3. The number of anilines is 1. The van der Waals surface area contributed by atoms with Crippen LogP contribution in [0.3, 0.4) is 0 Å². The van der Waals surface area contributed by atoms with Crippen LogP contribution in [0.2, 0.25) is 0 Å². The van der Waals surface area contributed by atoms with Crippen molar-refractivity contribution in [2.75, 3.05) is 12.4 Å². The molecule has 5 heteroatoms. The lowest BCUT2D eigenvalue weighted by atomic mass is 10.2. The topological polar surface area (TPSA) is 50.7 Å². The summed E-state index contributed by atoms with van der Waals surface area (Å²) in [6, 6.07) is 0. The molecule has 2 rings (SSSR count). The summed E-state index contributed by atoms with van der Waals surface area (Å²) in [5.41, 5.74) is 3.16. The van der Waals surface area contributed by atoms with E-state index in [-0.39, 0.29) is 0 Å². The van der Waals surface area contributed by atoms with Crippen molar-refractivity contribution < 1.29 is 0 Å². The summed E-state index contributed by atoms with van der Waals surface area (Å²) in [7, 11) is 1.88. The Labute approximate surface area is 105 Å². The van der Waals surface area contributed by atoms with E-state index in [4.69, 9.17) is 0 Å². The molecule has 0 aromatic carbocycles. The normalized spacial score (nSPS) is 10.6. The van der Waals surface area contributed by atoms with Gasteiger partial charge in [0.2, 0.25) is 0 Å². The van der Waals surface area contributed by atoms with Crippen molar-refractivity contribution >= 4 is 17.2 Å². The van der Waals surface area contributed by atoms with Gasteiger partial charge in [0.1, 0.15) is 11.6 Å². The van der Waals surface area contributed by atoms with E-state index in [2.05, 4.69) is 25.6 Å². The Kier molecular flexibility index (Phi) is 3.38. The van der Waals surface area contributed by atoms with Gasteiger partial charge in [0.25, 0.3) is 0 Å². The molecule has 0 saturated heterocycles. The van der Waals surface area contributed by atoms with Crippen molar-refractivity contribution in [3.8, 4) is 0 Å². The van der Waals surface area contributed by atoms with Gasteiger partial charge in [-0.3, -0.25) is 0 Å². The van der Waals surface area contributed by atoms with Crippen LogP contribution in [0.15, 0.2) is 5.38 Å². The summed E-state index contributed by atoms with van der Waals surface area (Å²) in [5, 5.41) is 6.24. The molecule has 0 spiro atoms. The van der Waals surface area contributed by atoms with E-state index in [9.17, 15) is 0 Å². The van der Waals surface area contributed by atoms with E-state index < -0.39 is 0 Å². The van der Waals surface area contributed by atoms with E-state index >= 15 is 0 Å². The summed E-state index contributed by atoms with van der Waals surface area (Å²) in [5.74, 6) is 1.72. The van der Waals surface area contributed by atoms with E-state index in [1.165, 1.54) is 0 Å². The first-order valence-electron chi connectivity index (χ1n) is 5.53. The average Bonchev–Trinajstić information content (AvgIpc) is 2.69. The van der Waals surface area contributed by atoms with Gasteiger partial charge in [-0.2, -0.15) is 0 Å². The maximum Gasteiger partial charge on any atom is 0.136 e. The largest absolute Gasteiger partial charge is 0.373 e. The fraction of sp³-hybridized carbons (Fsp3) is 0.417. The van der Waals surface area contributed by atoms with Gasteiger partial charge in [-0.05, 0) is 20.8 Å². The van der Waals surface area contributed by atoms with Crippen molar-refractivity contribution in [3.63, 3.8) is 0 Å². The minimum Gasteiger partial charge on any atom is -0.373 e. The van der Waals surface area contributed by atoms with Crippen molar-refractivity contribution in [2.45, 2.75) is 27.2 Å². The average molecular weight is 248 g/mol. The summed E-state index contributed by atoms with van der Waals surface area (Å²) in [6.07, 6.45) is 0.695. The molecule has 0 saturated carbocycles. The van der Waals surface area contributed by atoms with Gasteiger partial charge in [0.05, 0.1) is 17.1 Å². The minimum absolute atomic E-state index is 0.695. The first-order chi connectivity index (χ1) is 8.10. The monoisotopic (exact) mass is 248 g/mol. The molecule has 2 aromatic rings. The molecule has 4 nitrogen and oxygen atoms in total. The highest BCUT2D eigenvalue weighted by molar-refractivity contribution is 7.09. The molecule has 1 N–H and O–H groups in total. The Hall–Kier alpha value is -1.49. The quantitative estimate of drug-likeness (QED) is 0.906. The van der Waals surface area contributed by atoms with Crippen molar-refractivity contribution in [1.82, 2.24) is 15.0 Å². The van der Waals surface area contributed by atoms with Crippen molar-refractivity contribution in [2.24, 2.45) is 0 Å². The smallest absolute Gasteiger partial charge is 0.136 e. The number of hydrogen-bond acceptors (Lipinski definition) is 5. The lowest BCUT2D eigenvalue weighted by Crippen LogP contribution is -2.06. The first-order valence-corrected chi connectivity index (χ1v) is 6.41. The molecule has 0 amide bonds. The Morgan fingerprint density at radius 2 is 1.94 bits per heavy atom. The van der Waals surface area contributed by atoms with Gasteiger partial charge in [0, 0.05) is 23.7 Å². The summed E-state index contributed by atoms with van der Waals surface area (Å²) in [6.45, 7) is 6.04. The van der Waals surface area contributed by atoms with Gasteiger partial charge in [-0.25, -0.2) is 15.0 Å². The molecule has 17 heavy (non-hydrogen) atoms. The van der Waals surface area contributed by atoms with Crippen LogP contribution in [0.1, 0.15) is 27.8 Å². The van der Waals surface area contributed by atoms with Crippen LogP contribution in [0, 0.1) is 20.8 Å². The highest BCUT2D eigenvalue weighted by atomic mass is 32.1. The van der Waals surface area contributed by atoms with Crippen LogP contribution in [-0.4, -0.2) is 22.0 Å². The molecular formula is C12H16N4S. The molecular weight excluding hydrogens is 232 g/mol. The van der Waals surface area contributed by atoms with Crippen LogP contribution in [0.4, 0.5) is 5.82 Å². The maximum atomic E-state index is 4.50. The zero-order valence-corrected chi connectivity index (χ0v) is 11.4. The molecule has 0 atom stereocenters. The van der Waals surface area contributed by atoms with Crippen LogP contribution in [-0.2, 0) is 6.42 Å². The van der Waals surface area contributed by atoms with Gasteiger partial charge >= 0.3 is 0 Å². The number of hydrogen-bond donors (Lipinski definition) is 1. The van der Waals surface area contributed by atoms with Crippen LogP contribution in [0.25, 0.3) is 0 Å². The molecule has 0 fully saturated rings. The molecule has 0 unspecified atom stereocenters. The predicted octanol–water partition coefficient (Wildman–Crippen LogP) is 2.49. The fourth-order valence-electron chi connectivity index (χ4n) is 1.66. The molecule has 90 valence electrons. The third-order valence-electron chi connectivity index (χ3n) is 2.68. The number of thiazole rings is 1. The van der Waals surface area contributed by atoms with E-state index in [1.807, 2.05) is 27.8 Å². The summed E-state index contributed by atoms with van der Waals surface area (Å²) >= 11 is 1.66. The van der Waals surface area contributed by atoms with Crippen LogP contribution >= 0.6 is 11.3 Å². The van der Waals surface area contributed by atoms with Crippen molar-refractivity contribution in [3.05, 3.63) is 33.2 Å². The third-order valence-corrected chi connectivity index (χ3v) is 3.50. The number of aryl methyl sites for hydroxylation is 2. The molecule has 2 aromatic heterocycles. The van der Waals surface area contributed by atoms with Gasteiger partial charge in [-0.1, -0.05) is 0 Å². The van der Waals surface area contributed by atoms with Crippen molar-refractivity contribution in [1.29, 1.82) is 0 Å². The molecule has 0 radical (unpaired) electrons. The molecule has 0 bridgehead atoms. The molecule has 2 heterocycles. The highest BCUT2D eigenvalue weighted by Gasteiger charge is 2.08. The Morgan fingerprint density at radius 3 is 2.53 bits per heavy atom. The van der Waals surface area contributed by atoms with Gasteiger partial charge in [-0.15, -0.1) is 11.3 Å². The lowest BCUT2D eigenvalue weighted by molar-refractivity contribution is 0.910. The van der Waals surface area contributed by atoms with Gasteiger partial charge in [0.15, 0.2) is 0 Å². The number of nitrogens with one attached hydrogen (secondary N) is 1. The van der Waals surface area contributed by atoms with Gasteiger partial charge < -0.3 is 5.32 Å². The first kappa shape index (κ1) is 12.0. The minimum atomic E-state index is 0.695. The Morgan fingerprint density at radius 1 is 1.18 bits per heavy atom. The zero-order valence-electron chi connectivity index (χ0n) is 10.5. The second-order valence-electron chi connectivity index (χ2n) is 3.98. The zero-order chi connectivity index (χ0) is 12.4. The van der Waals surface area contributed by atoms with Crippen LogP contribution < -0.4 is 5.32 Å². The fourth-order valence-corrected chi connectivity index (χ4v) is 2.27. The lowest BCUT2D eigenvalue weighted by Gasteiger charge is -2.08. The van der Waals surface area contributed by atoms with Crippen LogP contribution in [0.5, 0.6) is 0 Å². The second kappa shape index (κ2) is 4.79. The van der Waals surface area contributed by atoms with E-state index in [0.717, 1.165) is 33.6 Å². The number of rotatable bonds is 3. The summed E-state index contributed by atoms with van der Waals surface area (Å²) in [4.78, 5) is 13.4. The Bertz CT molecular complexity index is 533. The Balaban J connectivity index is 2.30. The molecule has 0 aliphatic carbocycles. The standard InChI is InChI=1S/C12H16N4S/c1-7-8(2)14-11(16-12(7)13-4)5-10-6-17-9(3)15-10/h6H,5H2,1-4H3,(H,13,14,16). The molecule has 0 aliphatic rings.